The molecule has 1 atom stereocenters. The van der Waals surface area contributed by atoms with Crippen molar-refractivity contribution in [2.45, 2.75) is 32.5 Å². The first-order valence-electron chi connectivity index (χ1n) is 12.1. The standard InChI is InChI=1S/C26H34ClFN6O4/c1-14-22(21(15(2)29)16(3)35)31-23(32-24(14)34-12-26(28,13-34)25(37)33(5)6)19-9-18(7-8-20(19)27)38-11-17(36)10-30-4/h7-9,17,30,36H,10-13,29H2,1-6H3/t17-/m1/s1. The van der Waals surface area contributed by atoms with Crippen molar-refractivity contribution < 1.29 is 23.8 Å². The van der Waals surface area contributed by atoms with Crippen molar-refractivity contribution in [1.82, 2.24) is 20.2 Å². The van der Waals surface area contributed by atoms with E-state index in [1.54, 1.807) is 44.0 Å². The summed E-state index contributed by atoms with van der Waals surface area (Å²) in [5.74, 6) is 0.0271. The van der Waals surface area contributed by atoms with Crippen LogP contribution in [0.4, 0.5) is 10.2 Å². The van der Waals surface area contributed by atoms with E-state index < -0.39 is 17.7 Å². The number of likely N-dealkylation sites (N-methyl/N-ethyl adjacent to an activating group) is 1. The molecule has 1 fully saturated rings. The lowest BCUT2D eigenvalue weighted by Gasteiger charge is -2.45. The number of aromatic nitrogens is 2. The minimum atomic E-state index is -2.05. The minimum Gasteiger partial charge on any atom is -0.491 e. The van der Waals surface area contributed by atoms with Gasteiger partial charge >= 0.3 is 0 Å². The number of aliphatic hydroxyl groups is 1. The predicted molar refractivity (Wildman–Crippen MR) is 145 cm³/mol. The molecule has 1 aliphatic rings. The number of alkyl halides is 1. The number of ketones is 1. The second-order valence-electron chi connectivity index (χ2n) is 9.64. The number of allylic oxidation sites excluding steroid dienone is 2. The lowest BCUT2D eigenvalue weighted by Crippen LogP contribution is -2.66. The Labute approximate surface area is 226 Å². The van der Waals surface area contributed by atoms with Crippen molar-refractivity contribution in [1.29, 1.82) is 0 Å². The smallest absolute Gasteiger partial charge is 0.263 e. The zero-order valence-corrected chi connectivity index (χ0v) is 23.2. The summed E-state index contributed by atoms with van der Waals surface area (Å²) in [4.78, 5) is 37.1. The van der Waals surface area contributed by atoms with Gasteiger partial charge < -0.3 is 30.7 Å². The molecular weight excluding hydrogens is 515 g/mol. The van der Waals surface area contributed by atoms with Crippen LogP contribution in [0.3, 0.4) is 0 Å². The Kier molecular flexibility index (Phi) is 8.96. The summed E-state index contributed by atoms with van der Waals surface area (Å²) in [5, 5.41) is 13.2. The van der Waals surface area contributed by atoms with Crippen LogP contribution in [0.15, 0.2) is 23.9 Å². The number of carbonyl (C=O) groups is 2. The third-order valence-electron chi connectivity index (χ3n) is 6.14. The number of nitrogens with two attached hydrogens (primary N) is 1. The van der Waals surface area contributed by atoms with Crippen molar-refractivity contribution in [3.05, 3.63) is 40.2 Å². The molecular formula is C26H34ClFN6O4. The number of hydrogen-bond donors (Lipinski definition) is 3. The molecule has 0 saturated carbocycles. The van der Waals surface area contributed by atoms with Crippen molar-refractivity contribution in [2.24, 2.45) is 5.73 Å². The zero-order chi connectivity index (χ0) is 28.4. The van der Waals surface area contributed by atoms with E-state index in [-0.39, 0.29) is 42.6 Å². The number of hydrogen-bond acceptors (Lipinski definition) is 9. The number of carbonyl (C=O) groups excluding carboxylic acids is 2. The lowest BCUT2D eigenvalue weighted by molar-refractivity contribution is -0.143. The fraction of sp³-hybridized carbons (Fsp3) is 0.462. The van der Waals surface area contributed by atoms with E-state index in [0.717, 1.165) is 0 Å². The summed E-state index contributed by atoms with van der Waals surface area (Å²) in [6.07, 6.45) is -0.721. The fourth-order valence-electron chi connectivity index (χ4n) is 4.30. The molecule has 1 aliphatic heterocycles. The molecule has 38 heavy (non-hydrogen) atoms. The summed E-state index contributed by atoms with van der Waals surface area (Å²) >= 11 is 6.52. The first-order chi connectivity index (χ1) is 17.8. The molecule has 1 saturated heterocycles. The molecule has 2 aromatic rings. The van der Waals surface area contributed by atoms with Gasteiger partial charge in [-0.15, -0.1) is 0 Å². The third-order valence-corrected chi connectivity index (χ3v) is 6.47. The van der Waals surface area contributed by atoms with Crippen LogP contribution in [0.1, 0.15) is 25.1 Å². The van der Waals surface area contributed by atoms with Gasteiger partial charge in [0, 0.05) is 37.5 Å². The predicted octanol–water partition coefficient (Wildman–Crippen LogP) is 1.96. The van der Waals surface area contributed by atoms with Crippen LogP contribution in [0.5, 0.6) is 5.75 Å². The minimum absolute atomic E-state index is 0.0447. The van der Waals surface area contributed by atoms with Crippen LogP contribution in [0.2, 0.25) is 5.02 Å². The van der Waals surface area contributed by atoms with E-state index in [0.29, 0.717) is 40.0 Å². The maximum absolute atomic E-state index is 15.3. The van der Waals surface area contributed by atoms with Crippen LogP contribution in [-0.4, -0.2) is 90.8 Å². The Bertz CT molecular complexity index is 1260. The van der Waals surface area contributed by atoms with E-state index >= 15 is 4.39 Å². The van der Waals surface area contributed by atoms with Gasteiger partial charge in [0.1, 0.15) is 24.3 Å². The van der Waals surface area contributed by atoms with Gasteiger partial charge in [-0.25, -0.2) is 14.4 Å². The molecule has 1 aromatic heterocycles. The zero-order valence-electron chi connectivity index (χ0n) is 22.4. The Morgan fingerprint density at radius 2 is 1.97 bits per heavy atom. The molecule has 10 nitrogen and oxygen atoms in total. The van der Waals surface area contributed by atoms with Crippen molar-refractivity contribution >= 4 is 34.7 Å². The number of nitrogens with zero attached hydrogens (tertiary/aromatic N) is 4. The monoisotopic (exact) mass is 548 g/mol. The molecule has 2 heterocycles. The second kappa shape index (κ2) is 11.6. The number of aliphatic hydroxyl groups excluding tert-OH is 1. The second-order valence-corrected chi connectivity index (χ2v) is 10.1. The van der Waals surface area contributed by atoms with Crippen molar-refractivity contribution in [2.75, 3.05) is 52.3 Å². The fourth-order valence-corrected chi connectivity index (χ4v) is 4.51. The SMILES string of the molecule is CNC[C@@H](O)COc1ccc(Cl)c(-c2nc(C(C(C)=O)=C(C)N)c(C)c(N3CC(F)(C(=O)N(C)C)C3)n2)c1. The maximum atomic E-state index is 15.3. The third kappa shape index (κ3) is 6.06. The van der Waals surface area contributed by atoms with Gasteiger partial charge in [-0.05, 0) is 46.0 Å². The molecule has 0 aliphatic carbocycles. The molecule has 1 amide bonds. The Morgan fingerprint density at radius 1 is 1.32 bits per heavy atom. The van der Waals surface area contributed by atoms with Gasteiger partial charge in [-0.2, -0.15) is 0 Å². The van der Waals surface area contributed by atoms with E-state index in [1.807, 2.05) is 0 Å². The molecule has 0 unspecified atom stereocenters. The quantitative estimate of drug-likeness (QED) is 0.381. The van der Waals surface area contributed by atoms with Crippen LogP contribution >= 0.6 is 11.6 Å². The number of ether oxygens (including phenoxy) is 1. The van der Waals surface area contributed by atoms with Gasteiger partial charge in [-0.3, -0.25) is 9.59 Å². The average Bonchev–Trinajstić information content (AvgIpc) is 2.82. The summed E-state index contributed by atoms with van der Waals surface area (Å²) in [6, 6.07) is 4.89. The van der Waals surface area contributed by atoms with Crippen LogP contribution in [0.25, 0.3) is 17.0 Å². The molecule has 3 rings (SSSR count). The lowest BCUT2D eigenvalue weighted by atomic mass is 9.93. The van der Waals surface area contributed by atoms with E-state index in [1.165, 1.54) is 25.9 Å². The number of Topliss-reactive ketones (excluding diaryl/α,β-unsaturated/α-hetero) is 1. The van der Waals surface area contributed by atoms with Gasteiger partial charge in [0.2, 0.25) is 5.67 Å². The van der Waals surface area contributed by atoms with Gasteiger partial charge in [0.15, 0.2) is 11.6 Å². The molecule has 4 N–H and O–H groups in total. The van der Waals surface area contributed by atoms with Crippen LogP contribution < -0.4 is 20.7 Å². The highest BCUT2D eigenvalue weighted by Crippen LogP contribution is 2.38. The topological polar surface area (TPSA) is 134 Å². The van der Waals surface area contributed by atoms with Crippen molar-refractivity contribution in [3.63, 3.8) is 0 Å². The molecule has 1 aromatic carbocycles. The van der Waals surface area contributed by atoms with Gasteiger partial charge in [-0.1, -0.05) is 11.6 Å². The van der Waals surface area contributed by atoms with Gasteiger partial charge in [0.05, 0.1) is 29.4 Å². The molecule has 0 bridgehead atoms. The molecule has 206 valence electrons. The average molecular weight is 549 g/mol. The number of halogens is 2. The summed E-state index contributed by atoms with van der Waals surface area (Å²) < 4.78 is 21.0. The normalized spacial score (nSPS) is 15.9. The number of benzene rings is 1. The summed E-state index contributed by atoms with van der Waals surface area (Å²) in [6.45, 7) is 4.69. The highest BCUT2D eigenvalue weighted by Gasteiger charge is 2.52. The summed E-state index contributed by atoms with van der Waals surface area (Å²) in [7, 11) is 4.73. The number of anilines is 1. The highest BCUT2D eigenvalue weighted by molar-refractivity contribution is 6.33. The van der Waals surface area contributed by atoms with E-state index in [4.69, 9.17) is 22.1 Å². The Balaban J connectivity index is 2.11. The summed E-state index contributed by atoms with van der Waals surface area (Å²) in [5.41, 5.74) is 5.70. The van der Waals surface area contributed by atoms with E-state index in [2.05, 4.69) is 15.3 Å². The molecule has 0 radical (unpaired) electrons. The van der Waals surface area contributed by atoms with Crippen molar-refractivity contribution in [3.8, 4) is 17.1 Å². The first-order valence-corrected chi connectivity index (χ1v) is 12.4. The largest absolute Gasteiger partial charge is 0.491 e. The molecule has 0 spiro atoms. The highest BCUT2D eigenvalue weighted by atomic mass is 35.5. The van der Waals surface area contributed by atoms with Crippen LogP contribution in [-0.2, 0) is 9.59 Å². The van der Waals surface area contributed by atoms with Gasteiger partial charge in [0.25, 0.3) is 5.91 Å². The number of amides is 1. The maximum Gasteiger partial charge on any atom is 0.263 e. The number of nitrogens with one attached hydrogen (secondary N) is 1. The van der Waals surface area contributed by atoms with Crippen LogP contribution in [0, 0.1) is 6.92 Å². The van der Waals surface area contributed by atoms with E-state index in [9.17, 15) is 14.7 Å². The Morgan fingerprint density at radius 3 is 2.53 bits per heavy atom. The first kappa shape index (κ1) is 29.3. The number of rotatable bonds is 10. The molecule has 12 heteroatoms. The Hall–Kier alpha value is -3.28.